The van der Waals surface area contributed by atoms with Crippen LogP contribution in [0.1, 0.15) is 16.7 Å². The summed E-state index contributed by atoms with van der Waals surface area (Å²) in [7, 11) is 1.60. The molecule has 1 N–H and O–H groups in total. The van der Waals surface area contributed by atoms with Crippen LogP contribution in [0.4, 0.5) is 13.2 Å². The number of fused-ring (bicyclic) bond motifs is 1. The van der Waals surface area contributed by atoms with E-state index in [1.54, 1.807) is 7.11 Å². The van der Waals surface area contributed by atoms with Gasteiger partial charge in [-0.3, -0.25) is 0 Å². The summed E-state index contributed by atoms with van der Waals surface area (Å²) in [6.45, 7) is 0. The Morgan fingerprint density at radius 3 is 2.41 bits per heavy atom. The first-order chi connectivity index (χ1) is 10.5. The van der Waals surface area contributed by atoms with Crippen molar-refractivity contribution in [3.8, 4) is 5.75 Å². The van der Waals surface area contributed by atoms with E-state index in [-0.39, 0.29) is 0 Å². The lowest BCUT2D eigenvalue weighted by Crippen LogP contribution is -2.04. The largest absolute Gasteiger partial charge is 0.497 e. The van der Waals surface area contributed by atoms with Gasteiger partial charge >= 0.3 is 6.18 Å². The second-order valence-electron chi connectivity index (χ2n) is 5.10. The van der Waals surface area contributed by atoms with E-state index in [0.29, 0.717) is 6.42 Å². The Morgan fingerprint density at radius 1 is 1.05 bits per heavy atom. The van der Waals surface area contributed by atoms with Crippen LogP contribution in [0, 0.1) is 0 Å². The molecule has 0 saturated carbocycles. The van der Waals surface area contributed by atoms with Crippen LogP contribution in [0.3, 0.4) is 0 Å². The van der Waals surface area contributed by atoms with Crippen molar-refractivity contribution in [3.63, 3.8) is 0 Å². The molecular weight excluding hydrogens is 291 g/mol. The molecular formula is C17H14F3NO. The molecule has 2 nitrogen and oxygen atoms in total. The van der Waals surface area contributed by atoms with Crippen LogP contribution >= 0.6 is 0 Å². The number of ether oxygens (including phenoxy) is 1. The minimum atomic E-state index is -4.30. The molecule has 0 aliphatic carbocycles. The highest BCUT2D eigenvalue weighted by Gasteiger charge is 2.29. The predicted molar refractivity (Wildman–Crippen MR) is 79.1 cm³/mol. The summed E-state index contributed by atoms with van der Waals surface area (Å²) in [6.07, 6.45) is -1.86. The normalized spacial score (nSPS) is 11.8. The number of benzene rings is 2. The quantitative estimate of drug-likeness (QED) is 0.739. The molecule has 0 amide bonds. The Labute approximate surface area is 125 Å². The van der Waals surface area contributed by atoms with Crippen LogP contribution in [0.2, 0.25) is 0 Å². The molecule has 0 atom stereocenters. The molecule has 0 unspecified atom stereocenters. The summed E-state index contributed by atoms with van der Waals surface area (Å²) in [5.74, 6) is 0.751. The highest BCUT2D eigenvalue weighted by Crippen LogP contribution is 2.30. The van der Waals surface area contributed by atoms with Gasteiger partial charge in [0.05, 0.1) is 12.7 Å². The van der Waals surface area contributed by atoms with Crippen molar-refractivity contribution in [1.29, 1.82) is 0 Å². The van der Waals surface area contributed by atoms with Crippen LogP contribution in [0.15, 0.2) is 48.7 Å². The monoisotopic (exact) mass is 305 g/mol. The van der Waals surface area contributed by atoms with Gasteiger partial charge in [-0.25, -0.2) is 0 Å². The molecule has 1 heterocycles. The maximum Gasteiger partial charge on any atom is 0.416 e. The number of alkyl halides is 3. The third-order valence-corrected chi connectivity index (χ3v) is 3.65. The van der Waals surface area contributed by atoms with E-state index in [0.717, 1.165) is 39.9 Å². The van der Waals surface area contributed by atoms with E-state index >= 15 is 0 Å². The SMILES string of the molecule is COc1ccc2[nH]cc(Cc3ccc(C(F)(F)F)cc3)c2c1. The van der Waals surface area contributed by atoms with Crippen LogP contribution in [0.25, 0.3) is 10.9 Å². The molecule has 0 aliphatic rings. The maximum atomic E-state index is 12.6. The van der Waals surface area contributed by atoms with E-state index in [1.807, 2.05) is 24.4 Å². The molecule has 1 aromatic heterocycles. The Hall–Kier alpha value is -2.43. The van der Waals surface area contributed by atoms with E-state index < -0.39 is 11.7 Å². The number of H-pyrrole nitrogens is 1. The fourth-order valence-electron chi connectivity index (χ4n) is 2.46. The van der Waals surface area contributed by atoms with Gasteiger partial charge in [-0.15, -0.1) is 0 Å². The topological polar surface area (TPSA) is 25.0 Å². The Morgan fingerprint density at radius 2 is 1.77 bits per heavy atom. The average molecular weight is 305 g/mol. The first-order valence-electron chi connectivity index (χ1n) is 6.77. The van der Waals surface area contributed by atoms with E-state index in [1.165, 1.54) is 12.1 Å². The smallest absolute Gasteiger partial charge is 0.416 e. The first kappa shape index (κ1) is 14.5. The number of aromatic nitrogens is 1. The van der Waals surface area contributed by atoms with E-state index in [2.05, 4.69) is 4.98 Å². The lowest BCUT2D eigenvalue weighted by Gasteiger charge is -2.07. The fraction of sp³-hybridized carbons (Fsp3) is 0.176. The molecule has 114 valence electrons. The highest BCUT2D eigenvalue weighted by molar-refractivity contribution is 5.84. The van der Waals surface area contributed by atoms with Crippen molar-refractivity contribution in [2.24, 2.45) is 0 Å². The number of halogens is 3. The van der Waals surface area contributed by atoms with Crippen LogP contribution in [-0.4, -0.2) is 12.1 Å². The maximum absolute atomic E-state index is 12.6. The first-order valence-corrected chi connectivity index (χ1v) is 6.77. The predicted octanol–water partition coefficient (Wildman–Crippen LogP) is 4.79. The van der Waals surface area contributed by atoms with Gasteiger partial charge in [-0.1, -0.05) is 12.1 Å². The second-order valence-corrected chi connectivity index (χ2v) is 5.10. The van der Waals surface area contributed by atoms with Gasteiger partial charge in [0.2, 0.25) is 0 Å². The van der Waals surface area contributed by atoms with E-state index in [4.69, 9.17) is 4.74 Å². The molecule has 5 heteroatoms. The second kappa shape index (κ2) is 5.40. The molecule has 0 spiro atoms. The minimum Gasteiger partial charge on any atom is -0.497 e. The highest BCUT2D eigenvalue weighted by atomic mass is 19.4. The molecule has 0 saturated heterocycles. The Balaban J connectivity index is 1.90. The molecule has 0 radical (unpaired) electrons. The molecule has 0 fully saturated rings. The van der Waals surface area contributed by atoms with Crippen molar-refractivity contribution in [2.45, 2.75) is 12.6 Å². The van der Waals surface area contributed by atoms with Gasteiger partial charge in [0.1, 0.15) is 5.75 Å². The molecule has 0 bridgehead atoms. The van der Waals surface area contributed by atoms with Crippen molar-refractivity contribution in [3.05, 3.63) is 65.4 Å². The lowest BCUT2D eigenvalue weighted by atomic mass is 10.0. The van der Waals surface area contributed by atoms with Gasteiger partial charge in [0, 0.05) is 17.1 Å². The third-order valence-electron chi connectivity index (χ3n) is 3.65. The third kappa shape index (κ3) is 2.79. The molecule has 2 aromatic carbocycles. The summed E-state index contributed by atoms with van der Waals surface area (Å²) in [6, 6.07) is 11.0. The number of nitrogens with one attached hydrogen (secondary N) is 1. The van der Waals surface area contributed by atoms with E-state index in [9.17, 15) is 13.2 Å². The zero-order chi connectivity index (χ0) is 15.7. The van der Waals surface area contributed by atoms with Gasteiger partial charge in [0.15, 0.2) is 0 Å². The molecule has 3 rings (SSSR count). The summed E-state index contributed by atoms with van der Waals surface area (Å²) in [5, 5.41) is 1.01. The fourth-order valence-corrected chi connectivity index (χ4v) is 2.46. The van der Waals surface area contributed by atoms with Crippen LogP contribution in [-0.2, 0) is 12.6 Å². The standard InChI is InChI=1S/C17H14F3NO/c1-22-14-6-7-16-15(9-14)12(10-21-16)8-11-2-4-13(5-3-11)17(18,19)20/h2-7,9-10,21H,8H2,1H3. The molecule has 0 aliphatic heterocycles. The number of aromatic amines is 1. The summed E-state index contributed by atoms with van der Waals surface area (Å²) in [5.41, 5.74) is 2.20. The number of hydrogen-bond acceptors (Lipinski definition) is 1. The summed E-state index contributed by atoms with van der Waals surface area (Å²) in [4.78, 5) is 3.16. The summed E-state index contributed by atoms with van der Waals surface area (Å²) < 4.78 is 42.9. The lowest BCUT2D eigenvalue weighted by molar-refractivity contribution is -0.137. The van der Waals surface area contributed by atoms with Crippen molar-refractivity contribution < 1.29 is 17.9 Å². The van der Waals surface area contributed by atoms with Crippen LogP contribution in [0.5, 0.6) is 5.75 Å². The zero-order valence-electron chi connectivity index (χ0n) is 11.9. The average Bonchev–Trinajstić information content (AvgIpc) is 2.89. The number of methoxy groups -OCH3 is 1. The molecule has 22 heavy (non-hydrogen) atoms. The minimum absolute atomic E-state index is 0.561. The Kier molecular flexibility index (Phi) is 3.56. The van der Waals surface area contributed by atoms with Crippen molar-refractivity contribution in [2.75, 3.05) is 7.11 Å². The van der Waals surface area contributed by atoms with Crippen molar-refractivity contribution in [1.82, 2.24) is 4.98 Å². The number of rotatable bonds is 3. The number of hydrogen-bond donors (Lipinski definition) is 1. The van der Waals surface area contributed by atoms with Gasteiger partial charge < -0.3 is 9.72 Å². The van der Waals surface area contributed by atoms with Crippen LogP contribution < -0.4 is 4.74 Å². The summed E-state index contributed by atoms with van der Waals surface area (Å²) >= 11 is 0. The zero-order valence-corrected chi connectivity index (χ0v) is 11.9. The van der Waals surface area contributed by atoms with Gasteiger partial charge in [-0.05, 0) is 47.9 Å². The van der Waals surface area contributed by atoms with Gasteiger partial charge in [0.25, 0.3) is 0 Å². The van der Waals surface area contributed by atoms with Gasteiger partial charge in [-0.2, -0.15) is 13.2 Å². The van der Waals surface area contributed by atoms with Crippen molar-refractivity contribution >= 4 is 10.9 Å². The molecule has 3 aromatic rings. The Bertz CT molecular complexity index is 788.